The molecule has 3 aromatic heterocycles. The molecule has 0 fully saturated rings. The minimum Gasteiger partial charge on any atom is -0.365 e. The van der Waals surface area contributed by atoms with Crippen LogP contribution >= 0.6 is 11.6 Å². The average Bonchev–Trinajstić information content (AvgIpc) is 3.34. The number of aromatic nitrogens is 5. The summed E-state index contributed by atoms with van der Waals surface area (Å²) in [5.41, 5.74) is 1.39. The first kappa shape index (κ1) is 22.1. The number of carbonyl (C=O) groups excluding carboxylic acids is 2. The molecular formula is C19H13ClF3N7O3. The summed E-state index contributed by atoms with van der Waals surface area (Å²) in [6, 6.07) is 5.80. The molecule has 170 valence electrons. The standard InChI is InChI=1S/C19H13ClF3N7O3/c1-25-18(33)30-12(20)7-10(27-30)14-13(16(24)31)15(19(21,22)23)29(28-14)11-4-2-3-9-8(11)5-6-26-17(9)32/h2-7H,1H3,(H2,24,31)(H,25,33)(H,26,32). The van der Waals surface area contributed by atoms with Crippen molar-refractivity contribution in [1.29, 1.82) is 0 Å². The van der Waals surface area contributed by atoms with E-state index < -0.39 is 40.6 Å². The predicted octanol–water partition coefficient (Wildman–Crippen LogP) is 2.54. The first-order chi connectivity index (χ1) is 15.5. The van der Waals surface area contributed by atoms with Gasteiger partial charge in [0.15, 0.2) is 5.69 Å². The molecule has 0 spiro atoms. The van der Waals surface area contributed by atoms with Crippen LogP contribution in [-0.2, 0) is 6.18 Å². The van der Waals surface area contributed by atoms with Gasteiger partial charge in [-0.2, -0.15) is 28.1 Å². The number of hydrogen-bond donors (Lipinski definition) is 3. The van der Waals surface area contributed by atoms with E-state index in [2.05, 4.69) is 20.5 Å². The molecule has 0 unspecified atom stereocenters. The SMILES string of the molecule is CNC(=O)n1nc(-c2nn(-c3cccc4c(=O)[nH]ccc34)c(C(F)(F)F)c2C(N)=O)cc1Cl. The second-order valence-electron chi connectivity index (χ2n) is 6.71. The Hall–Kier alpha value is -4.13. The number of primary amides is 1. The van der Waals surface area contributed by atoms with Crippen LogP contribution in [0, 0.1) is 0 Å². The summed E-state index contributed by atoms with van der Waals surface area (Å²) in [6.45, 7) is 0. The molecule has 4 N–H and O–H groups in total. The highest BCUT2D eigenvalue weighted by Crippen LogP contribution is 2.39. The topological polar surface area (TPSA) is 141 Å². The molecule has 33 heavy (non-hydrogen) atoms. The maximum absolute atomic E-state index is 14.2. The molecule has 0 saturated heterocycles. The molecule has 0 atom stereocenters. The van der Waals surface area contributed by atoms with Crippen LogP contribution < -0.4 is 16.6 Å². The Morgan fingerprint density at radius 3 is 2.55 bits per heavy atom. The third-order valence-corrected chi connectivity index (χ3v) is 5.00. The van der Waals surface area contributed by atoms with Crippen molar-refractivity contribution in [3.05, 3.63) is 63.3 Å². The Morgan fingerprint density at radius 1 is 1.18 bits per heavy atom. The summed E-state index contributed by atoms with van der Waals surface area (Å²) in [4.78, 5) is 38.6. The third kappa shape index (κ3) is 3.61. The number of nitrogens with zero attached hydrogens (tertiary/aromatic N) is 4. The summed E-state index contributed by atoms with van der Waals surface area (Å²) in [7, 11) is 1.30. The van der Waals surface area contributed by atoms with Crippen molar-refractivity contribution in [3.63, 3.8) is 0 Å². The van der Waals surface area contributed by atoms with Crippen LogP contribution in [0.5, 0.6) is 0 Å². The normalized spacial score (nSPS) is 11.7. The van der Waals surface area contributed by atoms with E-state index in [1.807, 2.05) is 0 Å². The number of halogens is 4. The second kappa shape index (κ2) is 7.78. The fraction of sp³-hybridized carbons (Fsp3) is 0.105. The number of pyridine rings is 1. The number of fused-ring (bicyclic) bond motifs is 1. The third-order valence-electron chi connectivity index (χ3n) is 4.74. The summed E-state index contributed by atoms with van der Waals surface area (Å²) in [5, 5.41) is 10.1. The molecule has 3 heterocycles. The molecule has 0 aliphatic carbocycles. The molecule has 0 aliphatic heterocycles. The highest BCUT2D eigenvalue weighted by atomic mass is 35.5. The van der Waals surface area contributed by atoms with Gasteiger partial charge in [0.25, 0.3) is 11.5 Å². The molecule has 10 nitrogen and oxygen atoms in total. The van der Waals surface area contributed by atoms with Gasteiger partial charge in [0.2, 0.25) is 0 Å². The van der Waals surface area contributed by atoms with E-state index in [0.717, 1.165) is 6.07 Å². The van der Waals surface area contributed by atoms with Crippen LogP contribution in [0.25, 0.3) is 27.8 Å². The van der Waals surface area contributed by atoms with Gasteiger partial charge in [0, 0.05) is 30.1 Å². The summed E-state index contributed by atoms with van der Waals surface area (Å²) >= 11 is 5.98. The highest BCUT2D eigenvalue weighted by Gasteiger charge is 2.43. The zero-order valence-corrected chi connectivity index (χ0v) is 17.3. The van der Waals surface area contributed by atoms with Gasteiger partial charge in [-0.3, -0.25) is 9.59 Å². The van der Waals surface area contributed by atoms with E-state index in [9.17, 15) is 27.6 Å². The van der Waals surface area contributed by atoms with Crippen molar-refractivity contribution in [3.8, 4) is 17.1 Å². The van der Waals surface area contributed by atoms with Crippen molar-refractivity contribution in [1.82, 2.24) is 29.9 Å². The van der Waals surface area contributed by atoms with Crippen molar-refractivity contribution < 1.29 is 22.8 Å². The van der Waals surface area contributed by atoms with Gasteiger partial charge >= 0.3 is 12.2 Å². The predicted molar refractivity (Wildman–Crippen MR) is 111 cm³/mol. The summed E-state index contributed by atoms with van der Waals surface area (Å²) < 4.78 is 43.7. The number of hydrogen-bond acceptors (Lipinski definition) is 5. The largest absolute Gasteiger partial charge is 0.434 e. The number of aromatic amines is 1. The van der Waals surface area contributed by atoms with E-state index in [4.69, 9.17) is 17.3 Å². The first-order valence-corrected chi connectivity index (χ1v) is 9.51. The van der Waals surface area contributed by atoms with Crippen LogP contribution in [0.3, 0.4) is 0 Å². The second-order valence-corrected chi connectivity index (χ2v) is 7.10. The zero-order chi connectivity index (χ0) is 24.1. The minimum atomic E-state index is -5.08. The molecule has 0 saturated carbocycles. The van der Waals surface area contributed by atoms with Crippen molar-refractivity contribution in [2.24, 2.45) is 5.73 Å². The van der Waals surface area contributed by atoms with Gasteiger partial charge in [-0.1, -0.05) is 17.7 Å². The quantitative estimate of drug-likeness (QED) is 0.414. The number of nitrogens with two attached hydrogens (primary N) is 1. The monoisotopic (exact) mass is 479 g/mol. The molecule has 2 amide bonds. The summed E-state index contributed by atoms with van der Waals surface area (Å²) in [5.74, 6) is -1.42. The van der Waals surface area contributed by atoms with Gasteiger partial charge in [-0.15, -0.1) is 0 Å². The maximum Gasteiger partial charge on any atom is 0.434 e. The Kier molecular flexibility index (Phi) is 5.20. The van der Waals surface area contributed by atoms with Crippen LogP contribution in [0.1, 0.15) is 16.1 Å². The Bertz CT molecular complexity index is 1490. The van der Waals surface area contributed by atoms with Crippen LogP contribution in [-0.4, -0.2) is 43.5 Å². The molecule has 4 rings (SSSR count). The summed E-state index contributed by atoms with van der Waals surface area (Å²) in [6.07, 6.45) is -3.81. The van der Waals surface area contributed by atoms with E-state index in [-0.39, 0.29) is 27.3 Å². The Labute approximate surface area is 186 Å². The van der Waals surface area contributed by atoms with Crippen molar-refractivity contribution in [2.75, 3.05) is 7.05 Å². The fourth-order valence-electron chi connectivity index (χ4n) is 3.38. The molecule has 0 radical (unpaired) electrons. The van der Waals surface area contributed by atoms with Gasteiger partial charge in [0.05, 0.1) is 11.3 Å². The minimum absolute atomic E-state index is 0.104. The number of amides is 2. The van der Waals surface area contributed by atoms with Crippen molar-refractivity contribution in [2.45, 2.75) is 6.18 Å². The Morgan fingerprint density at radius 2 is 1.91 bits per heavy atom. The average molecular weight is 480 g/mol. The molecule has 0 bridgehead atoms. The molecular weight excluding hydrogens is 467 g/mol. The molecule has 0 aliphatic rings. The van der Waals surface area contributed by atoms with Crippen molar-refractivity contribution >= 4 is 34.3 Å². The lowest BCUT2D eigenvalue weighted by Gasteiger charge is -2.13. The number of nitrogens with one attached hydrogen (secondary N) is 2. The smallest absolute Gasteiger partial charge is 0.365 e. The fourth-order valence-corrected chi connectivity index (χ4v) is 3.60. The zero-order valence-electron chi connectivity index (χ0n) is 16.6. The number of benzene rings is 1. The van der Waals surface area contributed by atoms with Gasteiger partial charge in [0.1, 0.15) is 16.5 Å². The lowest BCUT2D eigenvalue weighted by molar-refractivity contribution is -0.143. The lowest BCUT2D eigenvalue weighted by Crippen LogP contribution is -2.25. The van der Waals surface area contributed by atoms with Crippen LogP contribution in [0.2, 0.25) is 5.15 Å². The maximum atomic E-state index is 14.2. The lowest BCUT2D eigenvalue weighted by atomic mass is 10.1. The Balaban J connectivity index is 2.10. The molecule has 4 aromatic rings. The first-order valence-electron chi connectivity index (χ1n) is 9.13. The highest BCUT2D eigenvalue weighted by molar-refractivity contribution is 6.30. The van der Waals surface area contributed by atoms with Gasteiger partial charge in [-0.25, -0.2) is 9.48 Å². The number of carbonyl (C=O) groups is 2. The van der Waals surface area contributed by atoms with E-state index in [1.54, 1.807) is 0 Å². The van der Waals surface area contributed by atoms with E-state index >= 15 is 0 Å². The number of alkyl halides is 3. The number of rotatable bonds is 3. The van der Waals surface area contributed by atoms with Gasteiger partial charge < -0.3 is 16.0 Å². The van der Waals surface area contributed by atoms with Crippen LogP contribution in [0.4, 0.5) is 18.0 Å². The van der Waals surface area contributed by atoms with E-state index in [0.29, 0.717) is 9.36 Å². The van der Waals surface area contributed by atoms with Gasteiger partial charge in [-0.05, 0) is 18.2 Å². The molecule has 1 aromatic carbocycles. The van der Waals surface area contributed by atoms with E-state index in [1.165, 1.54) is 37.5 Å². The number of H-pyrrole nitrogens is 1. The van der Waals surface area contributed by atoms with Crippen LogP contribution in [0.15, 0.2) is 41.3 Å². The molecule has 14 heteroatoms.